The third-order valence-electron chi connectivity index (χ3n) is 2.37. The van der Waals surface area contributed by atoms with Gasteiger partial charge in [-0.1, -0.05) is 0 Å². The lowest BCUT2D eigenvalue weighted by Crippen LogP contribution is -2.33. The van der Waals surface area contributed by atoms with E-state index < -0.39 is 30.0 Å². The highest BCUT2D eigenvalue weighted by molar-refractivity contribution is 5.81. The number of esters is 2. The Bertz CT molecular complexity index is 457. The Labute approximate surface area is 116 Å². The SMILES string of the molecule is CCOC(=O)[C@H](C)OC(=O)[C@@H](C)Oc1ccc(F)cc1. The van der Waals surface area contributed by atoms with Gasteiger partial charge in [0, 0.05) is 0 Å². The van der Waals surface area contributed by atoms with Gasteiger partial charge in [-0.05, 0) is 45.0 Å². The molecule has 0 bridgehead atoms. The molecule has 20 heavy (non-hydrogen) atoms. The van der Waals surface area contributed by atoms with Gasteiger partial charge in [-0.25, -0.2) is 14.0 Å². The van der Waals surface area contributed by atoms with Crippen molar-refractivity contribution < 1.29 is 28.2 Å². The van der Waals surface area contributed by atoms with Crippen LogP contribution in [0.1, 0.15) is 20.8 Å². The molecule has 2 atom stereocenters. The highest BCUT2D eigenvalue weighted by Crippen LogP contribution is 2.14. The number of hydrogen-bond acceptors (Lipinski definition) is 5. The number of carbonyl (C=O) groups excluding carboxylic acids is 2. The van der Waals surface area contributed by atoms with Crippen molar-refractivity contribution in [3.05, 3.63) is 30.1 Å². The molecule has 0 heterocycles. The second kappa shape index (κ2) is 7.47. The zero-order chi connectivity index (χ0) is 15.1. The first kappa shape index (κ1) is 15.9. The van der Waals surface area contributed by atoms with Gasteiger partial charge in [0.1, 0.15) is 11.6 Å². The van der Waals surface area contributed by atoms with E-state index in [1.54, 1.807) is 6.92 Å². The summed E-state index contributed by atoms with van der Waals surface area (Å²) in [7, 11) is 0. The maximum absolute atomic E-state index is 12.7. The molecule has 0 aromatic heterocycles. The Morgan fingerprint density at radius 2 is 1.70 bits per heavy atom. The van der Waals surface area contributed by atoms with Crippen LogP contribution < -0.4 is 4.74 Å². The number of benzene rings is 1. The zero-order valence-electron chi connectivity index (χ0n) is 11.6. The van der Waals surface area contributed by atoms with E-state index >= 15 is 0 Å². The molecule has 5 nitrogen and oxygen atoms in total. The monoisotopic (exact) mass is 284 g/mol. The first-order valence-corrected chi connectivity index (χ1v) is 6.23. The molecule has 6 heteroatoms. The lowest BCUT2D eigenvalue weighted by molar-refractivity contribution is -0.170. The molecular weight excluding hydrogens is 267 g/mol. The molecule has 110 valence electrons. The van der Waals surface area contributed by atoms with Gasteiger partial charge >= 0.3 is 11.9 Å². The van der Waals surface area contributed by atoms with Crippen molar-refractivity contribution in [2.24, 2.45) is 0 Å². The van der Waals surface area contributed by atoms with E-state index in [1.807, 2.05) is 0 Å². The molecule has 0 N–H and O–H groups in total. The first-order chi connectivity index (χ1) is 9.43. The molecule has 0 spiro atoms. The summed E-state index contributed by atoms with van der Waals surface area (Å²) in [5.74, 6) is -1.38. The van der Waals surface area contributed by atoms with E-state index in [2.05, 4.69) is 0 Å². The van der Waals surface area contributed by atoms with Crippen LogP contribution in [0.5, 0.6) is 5.75 Å². The molecule has 0 unspecified atom stereocenters. The molecule has 1 aromatic rings. The number of ether oxygens (including phenoxy) is 3. The van der Waals surface area contributed by atoms with E-state index in [0.717, 1.165) is 0 Å². The van der Waals surface area contributed by atoms with Crippen molar-refractivity contribution in [1.82, 2.24) is 0 Å². The van der Waals surface area contributed by atoms with E-state index in [-0.39, 0.29) is 6.61 Å². The van der Waals surface area contributed by atoms with E-state index in [9.17, 15) is 14.0 Å². The fourth-order valence-electron chi connectivity index (χ4n) is 1.34. The first-order valence-electron chi connectivity index (χ1n) is 6.23. The number of hydrogen-bond donors (Lipinski definition) is 0. The van der Waals surface area contributed by atoms with Crippen molar-refractivity contribution in [1.29, 1.82) is 0 Å². The molecule has 0 saturated heterocycles. The third kappa shape index (κ3) is 4.87. The molecule has 0 aliphatic heterocycles. The fraction of sp³-hybridized carbons (Fsp3) is 0.429. The molecule has 0 fully saturated rings. The Kier molecular flexibility index (Phi) is 5.96. The van der Waals surface area contributed by atoms with Crippen LogP contribution in [0.3, 0.4) is 0 Å². The molecule has 0 amide bonds. The van der Waals surface area contributed by atoms with Crippen LogP contribution in [-0.4, -0.2) is 30.8 Å². The smallest absolute Gasteiger partial charge is 0.347 e. The fourth-order valence-corrected chi connectivity index (χ4v) is 1.34. The van der Waals surface area contributed by atoms with Crippen LogP contribution >= 0.6 is 0 Å². The summed E-state index contributed by atoms with van der Waals surface area (Å²) >= 11 is 0. The molecule has 0 aliphatic carbocycles. The highest BCUT2D eigenvalue weighted by Gasteiger charge is 2.23. The van der Waals surface area contributed by atoms with Gasteiger partial charge in [-0.2, -0.15) is 0 Å². The maximum atomic E-state index is 12.7. The second-order valence-corrected chi connectivity index (χ2v) is 4.05. The van der Waals surface area contributed by atoms with Crippen molar-refractivity contribution in [2.75, 3.05) is 6.61 Å². The second-order valence-electron chi connectivity index (χ2n) is 4.05. The predicted octanol–water partition coefficient (Wildman–Crippen LogP) is 2.09. The minimum atomic E-state index is -0.998. The summed E-state index contributed by atoms with van der Waals surface area (Å²) < 4.78 is 27.6. The predicted molar refractivity (Wildman–Crippen MR) is 68.7 cm³/mol. The van der Waals surface area contributed by atoms with Gasteiger partial charge in [0.25, 0.3) is 0 Å². The standard InChI is InChI=1S/C14H17FO5/c1-4-18-13(16)9(2)20-14(17)10(3)19-12-7-5-11(15)6-8-12/h5-10H,4H2,1-3H3/t9-,10+/m0/s1. The normalized spacial score (nSPS) is 13.2. The van der Waals surface area contributed by atoms with Crippen LogP contribution in [0.25, 0.3) is 0 Å². The molecule has 0 saturated carbocycles. The Hall–Kier alpha value is -2.11. The van der Waals surface area contributed by atoms with E-state index in [1.165, 1.54) is 38.1 Å². The summed E-state index contributed by atoms with van der Waals surface area (Å²) in [5, 5.41) is 0. The quantitative estimate of drug-likeness (QED) is 0.748. The Morgan fingerprint density at radius 3 is 2.25 bits per heavy atom. The van der Waals surface area contributed by atoms with Crippen LogP contribution in [0.4, 0.5) is 4.39 Å². The lowest BCUT2D eigenvalue weighted by atomic mass is 10.3. The summed E-state index contributed by atoms with van der Waals surface area (Å²) in [6, 6.07) is 5.23. The maximum Gasteiger partial charge on any atom is 0.347 e. The molecule has 1 aromatic carbocycles. The van der Waals surface area contributed by atoms with Gasteiger partial charge in [-0.3, -0.25) is 0 Å². The van der Waals surface area contributed by atoms with Crippen molar-refractivity contribution in [2.45, 2.75) is 33.0 Å². The summed E-state index contributed by atoms with van der Waals surface area (Å²) in [6.45, 7) is 4.76. The molecule has 1 rings (SSSR count). The van der Waals surface area contributed by atoms with Crippen molar-refractivity contribution in [3.8, 4) is 5.75 Å². The lowest BCUT2D eigenvalue weighted by Gasteiger charge is -2.17. The van der Waals surface area contributed by atoms with E-state index in [4.69, 9.17) is 14.2 Å². The van der Waals surface area contributed by atoms with Gasteiger partial charge < -0.3 is 14.2 Å². The van der Waals surface area contributed by atoms with Crippen LogP contribution in [0.15, 0.2) is 24.3 Å². The zero-order valence-corrected chi connectivity index (χ0v) is 11.6. The molecule has 0 aliphatic rings. The van der Waals surface area contributed by atoms with Crippen molar-refractivity contribution in [3.63, 3.8) is 0 Å². The van der Waals surface area contributed by atoms with Gasteiger partial charge in [0.15, 0.2) is 12.2 Å². The highest BCUT2D eigenvalue weighted by atomic mass is 19.1. The number of carbonyl (C=O) groups is 2. The van der Waals surface area contributed by atoms with Crippen LogP contribution in [0.2, 0.25) is 0 Å². The third-order valence-corrected chi connectivity index (χ3v) is 2.37. The number of rotatable bonds is 6. The Morgan fingerprint density at radius 1 is 1.10 bits per heavy atom. The minimum absolute atomic E-state index is 0.211. The number of halogens is 1. The average molecular weight is 284 g/mol. The van der Waals surface area contributed by atoms with Crippen LogP contribution in [0, 0.1) is 5.82 Å². The summed E-state index contributed by atoms with van der Waals surface area (Å²) in [4.78, 5) is 23.0. The van der Waals surface area contributed by atoms with E-state index in [0.29, 0.717) is 5.75 Å². The summed E-state index contributed by atoms with van der Waals surface area (Å²) in [5.41, 5.74) is 0. The van der Waals surface area contributed by atoms with Crippen molar-refractivity contribution >= 4 is 11.9 Å². The minimum Gasteiger partial charge on any atom is -0.479 e. The average Bonchev–Trinajstić information content (AvgIpc) is 2.41. The molecule has 0 radical (unpaired) electrons. The van der Waals surface area contributed by atoms with Gasteiger partial charge in [0.2, 0.25) is 0 Å². The topological polar surface area (TPSA) is 61.8 Å². The Balaban J connectivity index is 2.50. The molecular formula is C14H17FO5. The summed E-state index contributed by atoms with van der Waals surface area (Å²) in [6.07, 6.45) is -1.92. The van der Waals surface area contributed by atoms with Gasteiger partial charge in [-0.15, -0.1) is 0 Å². The largest absolute Gasteiger partial charge is 0.479 e. The van der Waals surface area contributed by atoms with Gasteiger partial charge in [0.05, 0.1) is 6.61 Å². The van der Waals surface area contributed by atoms with Crippen LogP contribution in [-0.2, 0) is 19.1 Å².